The quantitative estimate of drug-likeness (QED) is 0.745. The summed E-state index contributed by atoms with van der Waals surface area (Å²) in [5.41, 5.74) is 1.62. The van der Waals surface area contributed by atoms with E-state index in [2.05, 4.69) is 27.0 Å². The Bertz CT molecular complexity index is 548. The van der Waals surface area contributed by atoms with Gasteiger partial charge in [-0.2, -0.15) is 5.26 Å². The molecule has 0 saturated carbocycles. The Kier molecular flexibility index (Phi) is 2.90. The standard InChI is InChI=1S/C11H6BrClN2/c12-9(6-14)7-3-4-10(13)8-2-1-5-15-11(7)8/h1-5,9H. The highest BCUT2D eigenvalue weighted by Gasteiger charge is 2.12. The molecule has 15 heavy (non-hydrogen) atoms. The van der Waals surface area contributed by atoms with E-state index < -0.39 is 0 Å². The largest absolute Gasteiger partial charge is 0.256 e. The zero-order valence-electron chi connectivity index (χ0n) is 7.61. The van der Waals surface area contributed by atoms with Gasteiger partial charge in [-0.1, -0.05) is 33.6 Å². The van der Waals surface area contributed by atoms with Crippen molar-refractivity contribution in [2.24, 2.45) is 0 Å². The first kappa shape index (κ1) is 10.4. The molecule has 0 N–H and O–H groups in total. The van der Waals surface area contributed by atoms with Gasteiger partial charge in [-0.3, -0.25) is 4.98 Å². The molecule has 0 fully saturated rings. The molecule has 1 heterocycles. The van der Waals surface area contributed by atoms with Crippen molar-refractivity contribution in [1.82, 2.24) is 4.98 Å². The van der Waals surface area contributed by atoms with E-state index >= 15 is 0 Å². The number of hydrogen-bond acceptors (Lipinski definition) is 2. The van der Waals surface area contributed by atoms with Crippen molar-refractivity contribution in [1.29, 1.82) is 5.26 Å². The van der Waals surface area contributed by atoms with Gasteiger partial charge in [0.2, 0.25) is 0 Å². The van der Waals surface area contributed by atoms with Crippen LogP contribution < -0.4 is 0 Å². The molecule has 1 aromatic carbocycles. The number of alkyl halides is 1. The van der Waals surface area contributed by atoms with Crippen molar-refractivity contribution in [3.05, 3.63) is 41.0 Å². The fraction of sp³-hybridized carbons (Fsp3) is 0.0909. The Morgan fingerprint density at radius 2 is 2.20 bits per heavy atom. The minimum atomic E-state index is -0.354. The van der Waals surface area contributed by atoms with Crippen molar-refractivity contribution in [2.75, 3.05) is 0 Å². The summed E-state index contributed by atoms with van der Waals surface area (Å²) < 4.78 is 0. The highest BCUT2D eigenvalue weighted by Crippen LogP contribution is 2.31. The molecule has 0 bridgehead atoms. The van der Waals surface area contributed by atoms with E-state index in [0.717, 1.165) is 16.5 Å². The fourth-order valence-electron chi connectivity index (χ4n) is 1.43. The second kappa shape index (κ2) is 4.18. The van der Waals surface area contributed by atoms with Crippen molar-refractivity contribution in [3.8, 4) is 6.07 Å². The lowest BCUT2D eigenvalue weighted by Gasteiger charge is -2.06. The summed E-state index contributed by atoms with van der Waals surface area (Å²) in [7, 11) is 0. The molecular formula is C11H6BrClN2. The molecular weight excluding hydrogens is 275 g/mol. The summed E-state index contributed by atoms with van der Waals surface area (Å²) in [6, 6.07) is 9.45. The van der Waals surface area contributed by atoms with Crippen molar-refractivity contribution < 1.29 is 0 Å². The predicted octanol–water partition coefficient (Wildman–Crippen LogP) is 3.85. The maximum absolute atomic E-state index is 8.86. The fourth-order valence-corrected chi connectivity index (χ4v) is 2.02. The summed E-state index contributed by atoms with van der Waals surface area (Å²) in [6.07, 6.45) is 1.69. The van der Waals surface area contributed by atoms with Crippen LogP contribution in [0.15, 0.2) is 30.5 Å². The van der Waals surface area contributed by atoms with Crippen LogP contribution in [0.2, 0.25) is 5.02 Å². The minimum Gasteiger partial charge on any atom is -0.256 e. The van der Waals surface area contributed by atoms with E-state index in [1.54, 1.807) is 12.3 Å². The van der Waals surface area contributed by atoms with Crippen LogP contribution >= 0.6 is 27.5 Å². The lowest BCUT2D eigenvalue weighted by Crippen LogP contribution is -1.91. The van der Waals surface area contributed by atoms with Crippen LogP contribution in [0, 0.1) is 11.3 Å². The van der Waals surface area contributed by atoms with Gasteiger partial charge >= 0.3 is 0 Å². The normalized spacial score (nSPS) is 12.3. The summed E-state index contributed by atoms with van der Waals surface area (Å²) in [5, 5.41) is 10.4. The monoisotopic (exact) mass is 280 g/mol. The number of nitriles is 1. The first-order valence-electron chi connectivity index (χ1n) is 4.31. The van der Waals surface area contributed by atoms with Gasteiger partial charge < -0.3 is 0 Å². The molecule has 1 unspecified atom stereocenters. The van der Waals surface area contributed by atoms with Gasteiger partial charge in [-0.05, 0) is 18.2 Å². The molecule has 0 amide bonds. The number of halogens is 2. The summed E-state index contributed by atoms with van der Waals surface area (Å²) >= 11 is 9.33. The highest BCUT2D eigenvalue weighted by molar-refractivity contribution is 9.09. The molecule has 0 aliphatic heterocycles. The Labute approximate surface area is 101 Å². The van der Waals surface area contributed by atoms with Crippen LogP contribution in [-0.2, 0) is 0 Å². The molecule has 0 aliphatic carbocycles. The maximum atomic E-state index is 8.86. The second-order valence-corrected chi connectivity index (χ2v) is 4.35. The number of pyridine rings is 1. The number of benzene rings is 1. The van der Waals surface area contributed by atoms with E-state index in [4.69, 9.17) is 16.9 Å². The van der Waals surface area contributed by atoms with Gasteiger partial charge in [-0.25, -0.2) is 0 Å². The first-order chi connectivity index (χ1) is 7.24. The molecule has 2 rings (SSSR count). The average Bonchev–Trinajstić information content (AvgIpc) is 2.29. The SMILES string of the molecule is N#CC(Br)c1ccc(Cl)c2cccnc12. The molecule has 1 atom stereocenters. The zero-order chi connectivity index (χ0) is 10.8. The smallest absolute Gasteiger partial charge is 0.128 e. The van der Waals surface area contributed by atoms with E-state index in [1.807, 2.05) is 18.2 Å². The summed E-state index contributed by atoms with van der Waals surface area (Å²) in [6.45, 7) is 0. The van der Waals surface area contributed by atoms with Crippen LogP contribution in [0.4, 0.5) is 0 Å². The number of aromatic nitrogens is 1. The third-order valence-corrected chi connectivity index (χ3v) is 3.16. The lowest BCUT2D eigenvalue weighted by molar-refractivity contribution is 1.24. The molecule has 1 aromatic heterocycles. The molecule has 0 aliphatic rings. The molecule has 2 nitrogen and oxygen atoms in total. The Hall–Kier alpha value is -1.11. The number of nitrogens with zero attached hydrogens (tertiary/aromatic N) is 2. The third-order valence-electron chi connectivity index (χ3n) is 2.13. The molecule has 2 aromatic rings. The van der Waals surface area contributed by atoms with Crippen molar-refractivity contribution in [2.45, 2.75) is 4.83 Å². The van der Waals surface area contributed by atoms with Gasteiger partial charge in [0.05, 0.1) is 11.6 Å². The maximum Gasteiger partial charge on any atom is 0.128 e. The Balaban J connectivity index is 2.78. The van der Waals surface area contributed by atoms with Gasteiger partial charge in [-0.15, -0.1) is 0 Å². The topological polar surface area (TPSA) is 36.7 Å². The molecule has 0 spiro atoms. The number of fused-ring (bicyclic) bond motifs is 1. The highest BCUT2D eigenvalue weighted by atomic mass is 79.9. The molecule has 0 radical (unpaired) electrons. The van der Waals surface area contributed by atoms with Gasteiger partial charge in [0.1, 0.15) is 4.83 Å². The van der Waals surface area contributed by atoms with Crippen LogP contribution in [0.25, 0.3) is 10.9 Å². The van der Waals surface area contributed by atoms with Crippen LogP contribution in [-0.4, -0.2) is 4.98 Å². The first-order valence-corrected chi connectivity index (χ1v) is 5.60. The Morgan fingerprint density at radius 3 is 2.93 bits per heavy atom. The lowest BCUT2D eigenvalue weighted by atomic mass is 10.1. The summed E-state index contributed by atoms with van der Waals surface area (Å²) in [5.74, 6) is 0. The third kappa shape index (κ3) is 1.83. The Morgan fingerprint density at radius 1 is 1.40 bits per heavy atom. The van der Waals surface area contributed by atoms with E-state index in [-0.39, 0.29) is 4.83 Å². The molecule has 4 heteroatoms. The molecule has 74 valence electrons. The van der Waals surface area contributed by atoms with Crippen LogP contribution in [0.1, 0.15) is 10.4 Å². The van der Waals surface area contributed by atoms with Crippen molar-refractivity contribution >= 4 is 38.4 Å². The van der Waals surface area contributed by atoms with E-state index in [9.17, 15) is 0 Å². The minimum absolute atomic E-state index is 0.354. The molecule has 0 saturated heterocycles. The van der Waals surface area contributed by atoms with Crippen molar-refractivity contribution in [3.63, 3.8) is 0 Å². The van der Waals surface area contributed by atoms with E-state index in [1.165, 1.54) is 0 Å². The van der Waals surface area contributed by atoms with E-state index in [0.29, 0.717) is 5.02 Å². The number of rotatable bonds is 1. The second-order valence-electron chi connectivity index (χ2n) is 3.03. The van der Waals surface area contributed by atoms with Gasteiger partial charge in [0.25, 0.3) is 0 Å². The van der Waals surface area contributed by atoms with Crippen LogP contribution in [0.3, 0.4) is 0 Å². The van der Waals surface area contributed by atoms with Gasteiger partial charge in [0.15, 0.2) is 0 Å². The summed E-state index contributed by atoms with van der Waals surface area (Å²) in [4.78, 5) is 3.89. The van der Waals surface area contributed by atoms with Crippen LogP contribution in [0.5, 0.6) is 0 Å². The predicted molar refractivity (Wildman–Crippen MR) is 64.0 cm³/mol. The average molecular weight is 282 g/mol. The number of hydrogen-bond donors (Lipinski definition) is 0. The zero-order valence-corrected chi connectivity index (χ0v) is 9.96. The van der Waals surface area contributed by atoms with Gasteiger partial charge in [0, 0.05) is 22.2 Å².